The van der Waals surface area contributed by atoms with E-state index in [0.717, 1.165) is 5.56 Å². The number of morpholine rings is 1. The predicted octanol–water partition coefficient (Wildman–Crippen LogP) is 1.59. The van der Waals surface area contributed by atoms with E-state index in [0.29, 0.717) is 58.5 Å². The van der Waals surface area contributed by atoms with Crippen molar-refractivity contribution < 1.29 is 18.7 Å². The Kier molecular flexibility index (Phi) is 6.55. The summed E-state index contributed by atoms with van der Waals surface area (Å²) in [6, 6.07) is 3.58. The third-order valence-corrected chi connectivity index (χ3v) is 5.09. The van der Waals surface area contributed by atoms with Crippen LogP contribution in [-0.2, 0) is 20.7 Å². The monoisotopic (exact) mass is 363 g/mol. The topological polar surface area (TPSA) is 62.7 Å². The fourth-order valence-electron chi connectivity index (χ4n) is 3.52. The van der Waals surface area contributed by atoms with Crippen LogP contribution in [0.4, 0.5) is 4.39 Å². The van der Waals surface area contributed by atoms with E-state index in [1.807, 2.05) is 12.1 Å². The highest BCUT2D eigenvalue weighted by Gasteiger charge is 2.31. The highest BCUT2D eigenvalue weighted by molar-refractivity contribution is 5.80. The number of aryl methyl sites for hydroxylation is 1. The lowest BCUT2D eigenvalue weighted by atomic mass is 10.1. The second kappa shape index (κ2) is 9.07. The van der Waals surface area contributed by atoms with Crippen molar-refractivity contribution in [2.75, 3.05) is 32.8 Å². The molecular weight excluding hydrogens is 337 g/mol. The number of pyridine rings is 1. The van der Waals surface area contributed by atoms with Gasteiger partial charge in [-0.2, -0.15) is 0 Å². The minimum atomic E-state index is -0.803. The lowest BCUT2D eigenvalue weighted by Gasteiger charge is -2.37. The van der Waals surface area contributed by atoms with Gasteiger partial charge in [0, 0.05) is 44.9 Å². The van der Waals surface area contributed by atoms with Crippen molar-refractivity contribution in [3.05, 3.63) is 30.1 Å². The second-order valence-electron chi connectivity index (χ2n) is 6.94. The smallest absolute Gasteiger partial charge is 0.224 e. The molecule has 142 valence electrons. The first-order chi connectivity index (χ1) is 12.6. The van der Waals surface area contributed by atoms with Gasteiger partial charge in [-0.25, -0.2) is 4.39 Å². The summed E-state index contributed by atoms with van der Waals surface area (Å²) in [5.41, 5.74) is 1.02. The fourth-order valence-corrected chi connectivity index (χ4v) is 3.52. The SMILES string of the molecule is O=C(C[C@@H]1COCCN1C(=O)CCc1cccnc1)N1CCC(F)CC1. The average molecular weight is 363 g/mol. The molecule has 2 aliphatic heterocycles. The highest BCUT2D eigenvalue weighted by atomic mass is 19.1. The van der Waals surface area contributed by atoms with Gasteiger partial charge in [0.05, 0.1) is 19.3 Å². The van der Waals surface area contributed by atoms with Gasteiger partial charge < -0.3 is 14.5 Å². The minimum Gasteiger partial charge on any atom is -0.377 e. The molecule has 0 N–H and O–H groups in total. The Morgan fingerprint density at radius 2 is 2.04 bits per heavy atom. The first-order valence-corrected chi connectivity index (χ1v) is 9.31. The van der Waals surface area contributed by atoms with E-state index in [9.17, 15) is 14.0 Å². The standard InChI is InChI=1S/C19H26FN3O3/c20-16-5-8-22(9-6-16)19(25)12-17-14-26-11-10-23(17)18(24)4-3-15-2-1-7-21-13-15/h1-2,7,13,16-17H,3-6,8-12,14H2/t17-/m1/s1. The Morgan fingerprint density at radius 3 is 2.77 bits per heavy atom. The Morgan fingerprint density at radius 1 is 1.23 bits per heavy atom. The number of carbonyl (C=O) groups is 2. The number of likely N-dealkylation sites (tertiary alicyclic amines) is 1. The molecule has 0 spiro atoms. The number of amides is 2. The van der Waals surface area contributed by atoms with Gasteiger partial charge >= 0.3 is 0 Å². The molecule has 3 rings (SSSR count). The summed E-state index contributed by atoms with van der Waals surface area (Å²) in [6.07, 6.45) is 4.75. The van der Waals surface area contributed by atoms with Crippen LogP contribution < -0.4 is 0 Å². The zero-order chi connectivity index (χ0) is 18.4. The summed E-state index contributed by atoms with van der Waals surface area (Å²) in [5, 5.41) is 0. The molecule has 0 unspecified atom stereocenters. The van der Waals surface area contributed by atoms with Gasteiger partial charge in [-0.05, 0) is 30.9 Å². The molecule has 1 aromatic rings. The van der Waals surface area contributed by atoms with Crippen molar-refractivity contribution in [3.8, 4) is 0 Å². The summed E-state index contributed by atoms with van der Waals surface area (Å²) in [4.78, 5) is 32.7. The van der Waals surface area contributed by atoms with Gasteiger partial charge in [0.15, 0.2) is 0 Å². The number of nitrogens with zero attached hydrogens (tertiary/aromatic N) is 3. The first-order valence-electron chi connectivity index (χ1n) is 9.31. The minimum absolute atomic E-state index is 0.0162. The summed E-state index contributed by atoms with van der Waals surface area (Å²) >= 11 is 0. The molecule has 2 saturated heterocycles. The zero-order valence-electron chi connectivity index (χ0n) is 15.0. The maximum Gasteiger partial charge on any atom is 0.224 e. The van der Waals surface area contributed by atoms with Crippen LogP contribution >= 0.6 is 0 Å². The maximum atomic E-state index is 13.3. The Hall–Kier alpha value is -2.02. The summed E-state index contributed by atoms with van der Waals surface area (Å²) < 4.78 is 18.8. The quantitative estimate of drug-likeness (QED) is 0.797. The van der Waals surface area contributed by atoms with E-state index >= 15 is 0 Å². The van der Waals surface area contributed by atoms with Gasteiger partial charge in [-0.1, -0.05) is 6.07 Å². The van der Waals surface area contributed by atoms with Crippen LogP contribution in [0.5, 0.6) is 0 Å². The Balaban J connectivity index is 1.53. The number of hydrogen-bond acceptors (Lipinski definition) is 4. The molecule has 7 heteroatoms. The largest absolute Gasteiger partial charge is 0.377 e. The van der Waals surface area contributed by atoms with Crippen LogP contribution in [0, 0.1) is 0 Å². The van der Waals surface area contributed by atoms with Crippen molar-refractivity contribution in [1.82, 2.24) is 14.8 Å². The van der Waals surface area contributed by atoms with Crippen LogP contribution in [0.25, 0.3) is 0 Å². The predicted molar refractivity (Wildman–Crippen MR) is 94.2 cm³/mol. The maximum absolute atomic E-state index is 13.3. The van der Waals surface area contributed by atoms with E-state index in [-0.39, 0.29) is 24.3 Å². The number of ether oxygens (including phenoxy) is 1. The van der Waals surface area contributed by atoms with E-state index < -0.39 is 6.17 Å². The fraction of sp³-hybridized carbons (Fsp3) is 0.632. The Labute approximate surface area is 153 Å². The Bertz CT molecular complexity index is 605. The molecule has 0 aliphatic carbocycles. The summed E-state index contributed by atoms with van der Waals surface area (Å²) in [5.74, 6) is 0.0230. The molecule has 2 amide bonds. The number of aromatic nitrogens is 1. The second-order valence-corrected chi connectivity index (χ2v) is 6.94. The third-order valence-electron chi connectivity index (χ3n) is 5.09. The number of rotatable bonds is 5. The van der Waals surface area contributed by atoms with Gasteiger partial charge in [0.25, 0.3) is 0 Å². The number of carbonyl (C=O) groups excluding carboxylic acids is 2. The number of halogens is 1. The van der Waals surface area contributed by atoms with Crippen LogP contribution in [0.2, 0.25) is 0 Å². The van der Waals surface area contributed by atoms with Gasteiger partial charge in [-0.3, -0.25) is 14.6 Å². The van der Waals surface area contributed by atoms with Gasteiger partial charge in [0.2, 0.25) is 11.8 Å². The zero-order valence-corrected chi connectivity index (χ0v) is 15.0. The van der Waals surface area contributed by atoms with Crippen molar-refractivity contribution in [1.29, 1.82) is 0 Å². The summed E-state index contributed by atoms with van der Waals surface area (Å²) in [7, 11) is 0. The molecule has 0 saturated carbocycles. The lowest BCUT2D eigenvalue weighted by molar-refractivity contribution is -0.144. The van der Waals surface area contributed by atoms with Crippen molar-refractivity contribution in [2.45, 2.75) is 44.3 Å². The van der Waals surface area contributed by atoms with Crippen molar-refractivity contribution >= 4 is 11.8 Å². The average Bonchev–Trinajstić information content (AvgIpc) is 2.68. The van der Waals surface area contributed by atoms with Gasteiger partial charge in [-0.15, -0.1) is 0 Å². The first kappa shape index (κ1) is 18.8. The van der Waals surface area contributed by atoms with E-state index in [2.05, 4.69) is 4.98 Å². The van der Waals surface area contributed by atoms with Crippen LogP contribution in [0.15, 0.2) is 24.5 Å². The molecule has 0 bridgehead atoms. The molecule has 6 nitrogen and oxygen atoms in total. The highest BCUT2D eigenvalue weighted by Crippen LogP contribution is 2.18. The molecule has 2 fully saturated rings. The summed E-state index contributed by atoms with van der Waals surface area (Å²) in [6.45, 7) is 2.31. The molecule has 3 heterocycles. The van der Waals surface area contributed by atoms with Gasteiger partial charge in [0.1, 0.15) is 6.17 Å². The molecular formula is C19H26FN3O3. The molecule has 0 radical (unpaired) electrons. The lowest BCUT2D eigenvalue weighted by Crippen LogP contribution is -2.51. The molecule has 1 aromatic heterocycles. The van der Waals surface area contributed by atoms with Crippen LogP contribution in [-0.4, -0.2) is 71.7 Å². The molecule has 2 aliphatic rings. The van der Waals surface area contributed by atoms with Crippen molar-refractivity contribution in [3.63, 3.8) is 0 Å². The number of hydrogen-bond donors (Lipinski definition) is 0. The van der Waals surface area contributed by atoms with E-state index in [4.69, 9.17) is 4.74 Å². The third kappa shape index (κ3) is 5.00. The number of piperidine rings is 1. The molecule has 26 heavy (non-hydrogen) atoms. The normalized spacial score (nSPS) is 21.7. The number of alkyl halides is 1. The van der Waals surface area contributed by atoms with Crippen molar-refractivity contribution in [2.24, 2.45) is 0 Å². The van der Waals surface area contributed by atoms with E-state index in [1.165, 1.54) is 0 Å². The molecule has 1 atom stereocenters. The van der Waals surface area contributed by atoms with E-state index in [1.54, 1.807) is 22.2 Å². The van der Waals surface area contributed by atoms with Crippen LogP contribution in [0.3, 0.4) is 0 Å². The van der Waals surface area contributed by atoms with Crippen LogP contribution in [0.1, 0.15) is 31.2 Å². The molecule has 0 aromatic carbocycles.